The third-order valence-electron chi connectivity index (χ3n) is 5.07. The first-order valence-corrected chi connectivity index (χ1v) is 9.40. The Morgan fingerprint density at radius 2 is 1.72 bits per heavy atom. The molecule has 1 heterocycles. The van der Waals surface area contributed by atoms with Crippen molar-refractivity contribution in [2.24, 2.45) is 0 Å². The molecule has 0 bridgehead atoms. The monoisotopic (exact) mass is 399 g/mol. The number of hydrogen-bond acceptors (Lipinski definition) is 4. The lowest BCUT2D eigenvalue weighted by atomic mass is 9.95. The molecule has 0 atom stereocenters. The second-order valence-corrected chi connectivity index (χ2v) is 6.95. The number of benzene rings is 2. The minimum absolute atomic E-state index is 0.0447. The molecule has 0 unspecified atom stereocenters. The largest absolute Gasteiger partial charge is 0.454 e. The molecule has 0 amide bonds. The summed E-state index contributed by atoms with van der Waals surface area (Å²) < 4.78 is 33.7. The molecule has 4 rings (SSSR count). The third-order valence-corrected chi connectivity index (χ3v) is 5.07. The van der Waals surface area contributed by atoms with Gasteiger partial charge >= 0.3 is 12.6 Å². The summed E-state index contributed by atoms with van der Waals surface area (Å²) in [5, 5.41) is 1.02. The van der Waals surface area contributed by atoms with E-state index in [4.69, 9.17) is 4.74 Å². The number of rotatable bonds is 6. The highest BCUT2D eigenvalue weighted by atomic mass is 19.3. The molecule has 150 valence electrons. The van der Waals surface area contributed by atoms with E-state index in [0.717, 1.165) is 36.6 Å². The van der Waals surface area contributed by atoms with Crippen LogP contribution >= 0.6 is 0 Å². The van der Waals surface area contributed by atoms with Crippen molar-refractivity contribution in [1.29, 1.82) is 0 Å². The summed E-state index contributed by atoms with van der Waals surface area (Å²) in [6.07, 6.45) is 4.29. The van der Waals surface area contributed by atoms with E-state index in [1.54, 1.807) is 12.1 Å². The van der Waals surface area contributed by atoms with Gasteiger partial charge in [0.05, 0.1) is 5.56 Å². The number of esters is 1. The van der Waals surface area contributed by atoms with Crippen LogP contribution in [0, 0.1) is 0 Å². The summed E-state index contributed by atoms with van der Waals surface area (Å²) in [6.45, 7) is -3.36. The van der Waals surface area contributed by atoms with Crippen LogP contribution in [0.3, 0.4) is 0 Å². The van der Waals surface area contributed by atoms with Gasteiger partial charge in [0.25, 0.3) is 0 Å². The molecule has 5 nitrogen and oxygen atoms in total. The molecule has 7 heteroatoms. The Morgan fingerprint density at radius 3 is 2.48 bits per heavy atom. The van der Waals surface area contributed by atoms with Gasteiger partial charge in [-0.05, 0) is 73.7 Å². The number of Topliss-reactive ketones (excluding diaryl/α,β-unsaturated/α-hetero) is 1. The summed E-state index contributed by atoms with van der Waals surface area (Å²) >= 11 is 0. The lowest BCUT2D eigenvalue weighted by molar-refractivity contribution is -0.0498. The summed E-state index contributed by atoms with van der Waals surface area (Å²) in [5.41, 5.74) is 4.11. The van der Waals surface area contributed by atoms with Crippen LogP contribution in [0.5, 0.6) is 5.75 Å². The van der Waals surface area contributed by atoms with Crippen LogP contribution in [0.15, 0.2) is 42.5 Å². The summed E-state index contributed by atoms with van der Waals surface area (Å²) in [6, 6.07) is 10.6. The molecule has 1 aliphatic carbocycles. The Balaban J connectivity index is 1.42. The summed E-state index contributed by atoms with van der Waals surface area (Å²) in [5.74, 6) is -1.05. The molecule has 1 aliphatic rings. The smallest absolute Gasteiger partial charge is 0.387 e. The number of halogens is 2. The predicted molar refractivity (Wildman–Crippen MR) is 103 cm³/mol. The lowest BCUT2D eigenvalue weighted by Gasteiger charge is -2.10. The zero-order chi connectivity index (χ0) is 20.4. The van der Waals surface area contributed by atoms with E-state index in [1.165, 1.54) is 35.5 Å². The normalized spacial score (nSPS) is 13.3. The molecule has 0 saturated carbocycles. The fourth-order valence-corrected chi connectivity index (χ4v) is 3.65. The number of ether oxygens (including phenoxy) is 2. The Kier molecular flexibility index (Phi) is 5.29. The SMILES string of the molecule is O=C(COC(=O)c1ccc2[nH]c3c(c2c1)CCCC3)c1ccc(OC(F)F)cc1. The maximum absolute atomic E-state index is 12.4. The minimum Gasteiger partial charge on any atom is -0.454 e. The van der Waals surface area contributed by atoms with E-state index in [1.807, 2.05) is 6.07 Å². The van der Waals surface area contributed by atoms with E-state index in [-0.39, 0.29) is 11.3 Å². The first kappa shape index (κ1) is 19.1. The fraction of sp³-hybridized carbons (Fsp3) is 0.273. The Bertz CT molecular complexity index is 1060. The van der Waals surface area contributed by atoms with Gasteiger partial charge in [-0.3, -0.25) is 4.79 Å². The van der Waals surface area contributed by atoms with Crippen molar-refractivity contribution in [3.8, 4) is 5.75 Å². The van der Waals surface area contributed by atoms with Crippen molar-refractivity contribution < 1.29 is 27.8 Å². The molecule has 3 aromatic rings. The average molecular weight is 399 g/mol. The number of nitrogens with one attached hydrogen (secondary N) is 1. The van der Waals surface area contributed by atoms with Crippen molar-refractivity contribution in [2.45, 2.75) is 32.3 Å². The number of alkyl halides is 2. The number of ketones is 1. The molecule has 29 heavy (non-hydrogen) atoms. The molecule has 2 aromatic carbocycles. The number of carbonyl (C=O) groups excluding carboxylic acids is 2. The molecule has 0 fully saturated rings. The fourth-order valence-electron chi connectivity index (χ4n) is 3.65. The van der Waals surface area contributed by atoms with Crippen LogP contribution in [-0.4, -0.2) is 30.0 Å². The number of fused-ring (bicyclic) bond motifs is 3. The maximum Gasteiger partial charge on any atom is 0.387 e. The van der Waals surface area contributed by atoms with Gasteiger partial charge in [-0.15, -0.1) is 0 Å². The van der Waals surface area contributed by atoms with Gasteiger partial charge in [-0.25, -0.2) is 4.79 Å². The van der Waals surface area contributed by atoms with Crippen LogP contribution in [-0.2, 0) is 17.6 Å². The highest BCUT2D eigenvalue weighted by molar-refractivity contribution is 6.00. The van der Waals surface area contributed by atoms with Crippen LogP contribution in [0.4, 0.5) is 8.78 Å². The average Bonchev–Trinajstić information content (AvgIpc) is 3.09. The molecule has 0 spiro atoms. The second kappa shape index (κ2) is 8.03. The molecular formula is C22H19F2NO4. The number of aryl methyl sites for hydroxylation is 2. The van der Waals surface area contributed by atoms with Crippen LogP contribution < -0.4 is 4.74 Å². The van der Waals surface area contributed by atoms with Gasteiger partial charge in [-0.2, -0.15) is 8.78 Å². The van der Waals surface area contributed by atoms with Gasteiger partial charge in [0, 0.05) is 22.2 Å². The third kappa shape index (κ3) is 4.13. The number of aromatic nitrogens is 1. The van der Waals surface area contributed by atoms with Crippen molar-refractivity contribution in [3.63, 3.8) is 0 Å². The zero-order valence-electron chi connectivity index (χ0n) is 15.5. The van der Waals surface area contributed by atoms with Crippen molar-refractivity contribution >= 4 is 22.7 Å². The molecule has 0 aliphatic heterocycles. The van der Waals surface area contributed by atoms with E-state index in [0.29, 0.717) is 5.56 Å². The quantitative estimate of drug-likeness (QED) is 0.482. The zero-order valence-corrected chi connectivity index (χ0v) is 15.5. The highest BCUT2D eigenvalue weighted by Crippen LogP contribution is 2.29. The van der Waals surface area contributed by atoms with Gasteiger partial charge in [0.15, 0.2) is 12.4 Å². The molecule has 1 aromatic heterocycles. The Morgan fingerprint density at radius 1 is 1.00 bits per heavy atom. The lowest BCUT2D eigenvalue weighted by Crippen LogP contribution is -2.14. The van der Waals surface area contributed by atoms with Gasteiger partial charge in [0.2, 0.25) is 0 Å². The van der Waals surface area contributed by atoms with Crippen LogP contribution in [0.2, 0.25) is 0 Å². The maximum atomic E-state index is 12.4. The van der Waals surface area contributed by atoms with E-state index in [2.05, 4.69) is 9.72 Å². The topological polar surface area (TPSA) is 68.4 Å². The first-order valence-electron chi connectivity index (χ1n) is 9.40. The standard InChI is InChI=1S/C22H19F2NO4/c23-22(24)29-15-8-5-13(6-9-15)20(26)12-28-21(27)14-7-10-19-17(11-14)16-3-1-2-4-18(16)25-19/h5-11,22,25H,1-4,12H2. The number of hydrogen-bond donors (Lipinski definition) is 1. The molecule has 1 N–H and O–H groups in total. The number of H-pyrrole nitrogens is 1. The first-order chi connectivity index (χ1) is 14.0. The van der Waals surface area contributed by atoms with E-state index >= 15 is 0 Å². The van der Waals surface area contributed by atoms with Crippen molar-refractivity contribution in [2.75, 3.05) is 6.61 Å². The van der Waals surface area contributed by atoms with Gasteiger partial charge in [-0.1, -0.05) is 0 Å². The molecular weight excluding hydrogens is 380 g/mol. The Hall–Kier alpha value is -3.22. The van der Waals surface area contributed by atoms with E-state index < -0.39 is 25.0 Å². The van der Waals surface area contributed by atoms with E-state index in [9.17, 15) is 18.4 Å². The van der Waals surface area contributed by atoms with Crippen LogP contribution in [0.1, 0.15) is 44.8 Å². The summed E-state index contributed by atoms with van der Waals surface area (Å²) in [7, 11) is 0. The highest BCUT2D eigenvalue weighted by Gasteiger charge is 2.18. The second-order valence-electron chi connectivity index (χ2n) is 6.95. The van der Waals surface area contributed by atoms with Crippen molar-refractivity contribution in [3.05, 3.63) is 64.8 Å². The van der Waals surface area contributed by atoms with Crippen LogP contribution in [0.25, 0.3) is 10.9 Å². The van der Waals surface area contributed by atoms with Gasteiger partial charge in [0.1, 0.15) is 5.75 Å². The molecule has 0 radical (unpaired) electrons. The number of aromatic amines is 1. The number of carbonyl (C=O) groups is 2. The summed E-state index contributed by atoms with van der Waals surface area (Å²) in [4.78, 5) is 28.0. The van der Waals surface area contributed by atoms with Gasteiger partial charge < -0.3 is 14.5 Å². The minimum atomic E-state index is -2.93. The van der Waals surface area contributed by atoms with Crippen molar-refractivity contribution in [1.82, 2.24) is 4.98 Å². The molecule has 0 saturated heterocycles. The Labute approximate surface area is 165 Å². The predicted octanol–water partition coefficient (Wildman–Crippen LogP) is 4.69.